The normalized spacial score (nSPS) is 33.0. The molecule has 0 radical (unpaired) electrons. The third kappa shape index (κ3) is 2.59. The first kappa shape index (κ1) is 15.0. The molecule has 0 aromatic heterocycles. The number of halogens is 1. The Labute approximate surface area is 117 Å². The van der Waals surface area contributed by atoms with E-state index in [0.717, 1.165) is 0 Å². The molecule has 0 bridgehead atoms. The van der Waals surface area contributed by atoms with Gasteiger partial charge in [0.2, 0.25) is 0 Å². The zero-order valence-electron chi connectivity index (χ0n) is 12.2. The maximum atomic E-state index is 14.4. The number of hydrogen-bond donors (Lipinski definition) is 1. The smallest absolute Gasteiger partial charge is 0.411 e. The number of carbonyl (C=O) groups excluding carboxylic acids is 2. The van der Waals surface area contributed by atoms with Gasteiger partial charge in [-0.2, -0.15) is 0 Å². The summed E-state index contributed by atoms with van der Waals surface area (Å²) in [5.41, 5.74) is -0.701. The summed E-state index contributed by atoms with van der Waals surface area (Å²) in [6, 6.07) is -1.59. The average Bonchev–Trinajstić information content (AvgIpc) is 2.88. The van der Waals surface area contributed by atoms with E-state index >= 15 is 0 Å². The highest BCUT2D eigenvalue weighted by Gasteiger charge is 2.57. The molecule has 0 aromatic rings. The van der Waals surface area contributed by atoms with E-state index in [2.05, 4.69) is 10.1 Å². The van der Waals surface area contributed by atoms with Crippen LogP contribution in [0.15, 0.2) is 0 Å². The minimum Gasteiger partial charge on any atom is -0.467 e. The van der Waals surface area contributed by atoms with E-state index in [1.165, 1.54) is 12.0 Å². The van der Waals surface area contributed by atoms with Crippen LogP contribution < -0.4 is 5.32 Å². The highest BCUT2D eigenvalue weighted by Crippen LogP contribution is 2.36. The average molecular weight is 288 g/mol. The van der Waals surface area contributed by atoms with Crippen LogP contribution in [-0.2, 0) is 14.3 Å². The van der Waals surface area contributed by atoms with Gasteiger partial charge in [0.05, 0.1) is 13.2 Å². The number of likely N-dealkylation sites (tertiary alicyclic amines) is 1. The Kier molecular flexibility index (Phi) is 3.90. The second-order valence-corrected chi connectivity index (χ2v) is 6.19. The van der Waals surface area contributed by atoms with Crippen molar-refractivity contribution < 1.29 is 23.5 Å². The Bertz CT molecular complexity index is 410. The van der Waals surface area contributed by atoms with Crippen LogP contribution in [0.1, 0.15) is 20.8 Å². The molecule has 0 saturated carbocycles. The molecule has 2 fully saturated rings. The summed E-state index contributed by atoms with van der Waals surface area (Å²) in [6.45, 7) is 6.08. The molecule has 2 rings (SSSR count). The molecular formula is C13H21FN2O4. The minimum absolute atomic E-state index is 0.371. The van der Waals surface area contributed by atoms with E-state index in [1.54, 1.807) is 20.8 Å². The van der Waals surface area contributed by atoms with Crippen molar-refractivity contribution in [2.45, 2.75) is 44.6 Å². The molecule has 6 nitrogen and oxygen atoms in total. The van der Waals surface area contributed by atoms with Crippen molar-refractivity contribution in [3.8, 4) is 0 Å². The number of amides is 1. The van der Waals surface area contributed by atoms with Gasteiger partial charge in [0, 0.05) is 19.0 Å². The highest BCUT2D eigenvalue weighted by atomic mass is 19.1. The zero-order chi connectivity index (χ0) is 15.1. The quantitative estimate of drug-likeness (QED) is 0.720. The number of alkyl halides is 1. The third-order valence-corrected chi connectivity index (χ3v) is 3.64. The number of fused-ring (bicyclic) bond motifs is 1. The van der Waals surface area contributed by atoms with Crippen molar-refractivity contribution in [2.75, 3.05) is 20.2 Å². The lowest BCUT2D eigenvalue weighted by molar-refractivity contribution is -0.147. The summed E-state index contributed by atoms with van der Waals surface area (Å²) in [4.78, 5) is 25.3. The molecule has 2 aliphatic rings. The van der Waals surface area contributed by atoms with Crippen molar-refractivity contribution in [3.05, 3.63) is 0 Å². The van der Waals surface area contributed by atoms with E-state index in [9.17, 15) is 14.0 Å². The van der Waals surface area contributed by atoms with Crippen LogP contribution in [0.4, 0.5) is 9.18 Å². The molecule has 0 unspecified atom stereocenters. The third-order valence-electron chi connectivity index (χ3n) is 3.64. The second-order valence-electron chi connectivity index (χ2n) is 6.19. The molecule has 20 heavy (non-hydrogen) atoms. The van der Waals surface area contributed by atoms with Gasteiger partial charge in [0.15, 0.2) is 6.04 Å². The van der Waals surface area contributed by atoms with Crippen LogP contribution in [0.2, 0.25) is 0 Å². The maximum absolute atomic E-state index is 14.4. The fraction of sp³-hybridized carbons (Fsp3) is 0.846. The molecule has 4 atom stereocenters. The SMILES string of the molecule is COC(=O)[C@H]1[C@H](F)[C@H]2CNC[C@H]2N1C(=O)OC(C)(C)C. The molecule has 0 aromatic carbocycles. The second kappa shape index (κ2) is 5.20. The number of hydrogen-bond acceptors (Lipinski definition) is 5. The first-order valence-corrected chi connectivity index (χ1v) is 6.70. The number of ether oxygens (including phenoxy) is 2. The van der Waals surface area contributed by atoms with Crippen LogP contribution >= 0.6 is 0 Å². The van der Waals surface area contributed by atoms with Gasteiger partial charge in [-0.25, -0.2) is 14.0 Å². The Balaban J connectivity index is 2.25. The van der Waals surface area contributed by atoms with E-state index in [0.29, 0.717) is 13.1 Å². The first-order chi connectivity index (χ1) is 9.26. The standard InChI is InChI=1S/C13H21FN2O4/c1-13(2,3)20-12(18)16-8-6-15-5-7(8)9(14)10(16)11(17)19-4/h7-10,15H,5-6H2,1-4H3/t7-,8+,9+,10+/m0/s1. The minimum atomic E-state index is -1.44. The molecule has 0 aliphatic carbocycles. The van der Waals surface area contributed by atoms with Gasteiger partial charge in [-0.05, 0) is 20.8 Å². The monoisotopic (exact) mass is 288 g/mol. The van der Waals surface area contributed by atoms with Crippen LogP contribution in [0.5, 0.6) is 0 Å². The Morgan fingerprint density at radius 1 is 1.30 bits per heavy atom. The van der Waals surface area contributed by atoms with E-state index in [4.69, 9.17) is 4.74 Å². The largest absolute Gasteiger partial charge is 0.467 e. The molecule has 2 heterocycles. The van der Waals surface area contributed by atoms with Crippen molar-refractivity contribution >= 4 is 12.1 Å². The van der Waals surface area contributed by atoms with Crippen LogP contribution in [-0.4, -0.2) is 61.0 Å². The molecule has 2 aliphatic heterocycles. The van der Waals surface area contributed by atoms with E-state index in [-0.39, 0.29) is 6.04 Å². The fourth-order valence-electron chi connectivity index (χ4n) is 2.84. The van der Waals surface area contributed by atoms with Gasteiger partial charge < -0.3 is 14.8 Å². The summed E-state index contributed by atoms with van der Waals surface area (Å²) >= 11 is 0. The summed E-state index contributed by atoms with van der Waals surface area (Å²) in [6.07, 6.45) is -2.11. The van der Waals surface area contributed by atoms with Gasteiger partial charge in [0.1, 0.15) is 11.8 Å². The number of esters is 1. The van der Waals surface area contributed by atoms with E-state index < -0.39 is 35.8 Å². The Hall–Kier alpha value is -1.37. The van der Waals surface area contributed by atoms with E-state index in [1.807, 2.05) is 0 Å². The first-order valence-electron chi connectivity index (χ1n) is 6.70. The number of rotatable bonds is 1. The molecular weight excluding hydrogens is 267 g/mol. The topological polar surface area (TPSA) is 67.9 Å². The zero-order valence-corrected chi connectivity index (χ0v) is 12.2. The van der Waals surface area contributed by atoms with Gasteiger partial charge in [0.25, 0.3) is 0 Å². The molecule has 0 spiro atoms. The predicted octanol–water partition coefficient (Wildman–Crippen LogP) is 0.705. The predicted molar refractivity (Wildman–Crippen MR) is 68.9 cm³/mol. The fourth-order valence-corrected chi connectivity index (χ4v) is 2.84. The molecule has 114 valence electrons. The van der Waals surface area contributed by atoms with Crippen LogP contribution in [0.25, 0.3) is 0 Å². The van der Waals surface area contributed by atoms with Gasteiger partial charge in [-0.15, -0.1) is 0 Å². The number of nitrogens with zero attached hydrogens (tertiary/aromatic N) is 1. The van der Waals surface area contributed by atoms with Gasteiger partial charge >= 0.3 is 12.1 Å². The number of methoxy groups -OCH3 is 1. The molecule has 2 saturated heterocycles. The van der Waals surface area contributed by atoms with Gasteiger partial charge in [-0.1, -0.05) is 0 Å². The molecule has 1 amide bonds. The highest BCUT2D eigenvalue weighted by molar-refractivity contribution is 5.83. The summed E-state index contributed by atoms with van der Waals surface area (Å²) in [5, 5.41) is 3.04. The lowest BCUT2D eigenvalue weighted by Gasteiger charge is -2.30. The van der Waals surface area contributed by atoms with Gasteiger partial charge in [-0.3, -0.25) is 4.90 Å². The Morgan fingerprint density at radius 3 is 2.50 bits per heavy atom. The summed E-state index contributed by atoms with van der Waals surface area (Å²) in [7, 11) is 1.19. The lowest BCUT2D eigenvalue weighted by Crippen LogP contribution is -2.50. The number of nitrogens with one attached hydrogen (secondary N) is 1. The van der Waals surface area contributed by atoms with Crippen molar-refractivity contribution in [1.29, 1.82) is 0 Å². The van der Waals surface area contributed by atoms with Crippen molar-refractivity contribution in [1.82, 2.24) is 10.2 Å². The number of carbonyl (C=O) groups is 2. The van der Waals surface area contributed by atoms with Crippen molar-refractivity contribution in [2.24, 2.45) is 5.92 Å². The summed E-state index contributed by atoms with van der Waals surface area (Å²) in [5.74, 6) is -1.13. The lowest BCUT2D eigenvalue weighted by atomic mass is 10.0. The summed E-state index contributed by atoms with van der Waals surface area (Å²) < 4.78 is 24.4. The molecule has 7 heteroatoms. The maximum Gasteiger partial charge on any atom is 0.411 e. The van der Waals surface area contributed by atoms with Crippen molar-refractivity contribution in [3.63, 3.8) is 0 Å². The van der Waals surface area contributed by atoms with Crippen LogP contribution in [0.3, 0.4) is 0 Å². The molecule has 1 N–H and O–H groups in total. The van der Waals surface area contributed by atoms with Crippen LogP contribution in [0, 0.1) is 5.92 Å². The Morgan fingerprint density at radius 2 is 1.95 bits per heavy atom.